The highest BCUT2D eigenvalue weighted by atomic mass is 32.1. The molecule has 0 bridgehead atoms. The van der Waals surface area contributed by atoms with E-state index < -0.39 is 6.04 Å². The average molecular weight is 411 g/mol. The van der Waals surface area contributed by atoms with E-state index in [1.165, 1.54) is 0 Å². The van der Waals surface area contributed by atoms with E-state index in [0.29, 0.717) is 24.4 Å². The molecule has 5 rings (SSSR count). The number of piperidine rings is 1. The van der Waals surface area contributed by atoms with E-state index >= 15 is 0 Å². The van der Waals surface area contributed by atoms with Gasteiger partial charge >= 0.3 is 0 Å². The van der Waals surface area contributed by atoms with Gasteiger partial charge in [-0.2, -0.15) is 0 Å². The second-order valence-electron chi connectivity index (χ2n) is 7.73. The molecule has 1 aromatic heterocycles. The number of nitrogens with one attached hydrogen (secondary N) is 1. The standard InChI is InChI=1S/C21H21N3O4S/c25-18-4-3-17(19(26)23-18)24-10-14-9-13(1-2-15(14)21(24)27)16-11-29-20(22-16)12-5-7-28-8-6-12/h1-2,9,11-12,17H,3-8,10H2,(H,23,25,26). The van der Waals surface area contributed by atoms with Crippen LogP contribution in [0.25, 0.3) is 11.3 Å². The van der Waals surface area contributed by atoms with Crippen LogP contribution in [0.2, 0.25) is 0 Å². The van der Waals surface area contributed by atoms with Crippen molar-refractivity contribution in [2.45, 2.75) is 44.2 Å². The molecule has 29 heavy (non-hydrogen) atoms. The molecular weight excluding hydrogens is 390 g/mol. The number of hydrogen-bond acceptors (Lipinski definition) is 6. The lowest BCUT2D eigenvalue weighted by molar-refractivity contribution is -0.136. The highest BCUT2D eigenvalue weighted by Gasteiger charge is 2.39. The Morgan fingerprint density at radius 2 is 1.97 bits per heavy atom. The third-order valence-electron chi connectivity index (χ3n) is 5.91. The Balaban J connectivity index is 1.37. The summed E-state index contributed by atoms with van der Waals surface area (Å²) >= 11 is 1.68. The van der Waals surface area contributed by atoms with E-state index in [-0.39, 0.29) is 24.1 Å². The lowest BCUT2D eigenvalue weighted by Crippen LogP contribution is -2.52. The molecule has 1 N–H and O–H groups in total. The lowest BCUT2D eigenvalue weighted by Gasteiger charge is -2.29. The van der Waals surface area contributed by atoms with Gasteiger partial charge in [-0.3, -0.25) is 19.7 Å². The highest BCUT2D eigenvalue weighted by Crippen LogP contribution is 2.34. The van der Waals surface area contributed by atoms with Crippen LogP contribution in [-0.4, -0.2) is 46.9 Å². The minimum Gasteiger partial charge on any atom is -0.381 e. The maximum Gasteiger partial charge on any atom is 0.255 e. The van der Waals surface area contributed by atoms with Crippen molar-refractivity contribution >= 4 is 29.1 Å². The van der Waals surface area contributed by atoms with Crippen molar-refractivity contribution in [3.63, 3.8) is 0 Å². The van der Waals surface area contributed by atoms with E-state index in [4.69, 9.17) is 9.72 Å². The molecule has 1 atom stereocenters. The molecule has 8 heteroatoms. The molecule has 0 saturated carbocycles. The second kappa shape index (κ2) is 7.35. The fourth-order valence-corrected chi connectivity index (χ4v) is 5.29. The molecule has 150 valence electrons. The maximum absolute atomic E-state index is 12.8. The van der Waals surface area contributed by atoms with Crippen LogP contribution in [-0.2, 0) is 20.9 Å². The fraction of sp³-hybridized carbons (Fsp3) is 0.429. The number of carbonyl (C=O) groups is 3. The van der Waals surface area contributed by atoms with Gasteiger partial charge in [0.1, 0.15) is 6.04 Å². The van der Waals surface area contributed by atoms with Crippen LogP contribution in [0.5, 0.6) is 0 Å². The zero-order chi connectivity index (χ0) is 20.0. The Morgan fingerprint density at radius 1 is 1.14 bits per heavy atom. The van der Waals surface area contributed by atoms with Gasteiger partial charge in [0.25, 0.3) is 5.91 Å². The topological polar surface area (TPSA) is 88.6 Å². The number of carbonyl (C=O) groups excluding carboxylic acids is 3. The van der Waals surface area contributed by atoms with Gasteiger partial charge in [-0.25, -0.2) is 4.98 Å². The van der Waals surface area contributed by atoms with Gasteiger partial charge in [-0.05, 0) is 37.0 Å². The first kappa shape index (κ1) is 18.4. The molecule has 0 radical (unpaired) electrons. The van der Waals surface area contributed by atoms with Crippen molar-refractivity contribution < 1.29 is 19.1 Å². The molecule has 0 spiro atoms. The number of nitrogens with zero attached hydrogens (tertiary/aromatic N) is 2. The van der Waals surface area contributed by atoms with Gasteiger partial charge < -0.3 is 9.64 Å². The molecule has 7 nitrogen and oxygen atoms in total. The monoisotopic (exact) mass is 411 g/mol. The Kier molecular flexibility index (Phi) is 4.67. The fourth-order valence-electron chi connectivity index (χ4n) is 4.29. The average Bonchev–Trinajstić information content (AvgIpc) is 3.34. The van der Waals surface area contributed by atoms with Crippen molar-refractivity contribution in [2.24, 2.45) is 0 Å². The number of aromatic nitrogens is 1. The molecule has 2 aromatic rings. The van der Waals surface area contributed by atoms with Crippen molar-refractivity contribution in [3.8, 4) is 11.3 Å². The number of fused-ring (bicyclic) bond motifs is 1. The van der Waals surface area contributed by atoms with Gasteiger partial charge in [0.05, 0.1) is 10.7 Å². The van der Waals surface area contributed by atoms with E-state index in [1.807, 2.05) is 18.2 Å². The molecular formula is C21H21N3O4S. The highest BCUT2D eigenvalue weighted by molar-refractivity contribution is 7.10. The summed E-state index contributed by atoms with van der Waals surface area (Å²) in [6, 6.07) is 5.16. The van der Waals surface area contributed by atoms with Crippen LogP contribution in [0.3, 0.4) is 0 Å². The van der Waals surface area contributed by atoms with Crippen LogP contribution in [0, 0.1) is 0 Å². The first-order valence-electron chi connectivity index (χ1n) is 9.91. The molecule has 2 fully saturated rings. The van der Waals surface area contributed by atoms with Crippen LogP contribution < -0.4 is 5.32 Å². The molecule has 2 saturated heterocycles. The minimum absolute atomic E-state index is 0.151. The second-order valence-corrected chi connectivity index (χ2v) is 8.62. The van der Waals surface area contributed by atoms with Gasteiger partial charge in [0, 0.05) is 48.6 Å². The Bertz CT molecular complexity index is 996. The summed E-state index contributed by atoms with van der Waals surface area (Å²) in [7, 11) is 0. The summed E-state index contributed by atoms with van der Waals surface area (Å²) in [5, 5.41) is 5.55. The predicted octanol–water partition coefficient (Wildman–Crippen LogP) is 2.47. The third-order valence-corrected chi connectivity index (χ3v) is 6.92. The number of amides is 3. The smallest absolute Gasteiger partial charge is 0.255 e. The first-order valence-corrected chi connectivity index (χ1v) is 10.8. The quantitative estimate of drug-likeness (QED) is 0.784. The largest absolute Gasteiger partial charge is 0.381 e. The first-order chi connectivity index (χ1) is 14.1. The van der Waals surface area contributed by atoms with Gasteiger partial charge in [-0.15, -0.1) is 11.3 Å². The SMILES string of the molecule is O=C1CCC(N2Cc3cc(-c4csc(C5CCOCC5)n4)ccc3C2=O)C(=O)N1. The van der Waals surface area contributed by atoms with Crippen molar-refractivity contribution in [1.29, 1.82) is 0 Å². The van der Waals surface area contributed by atoms with E-state index in [9.17, 15) is 14.4 Å². The number of benzene rings is 1. The molecule has 1 aromatic carbocycles. The lowest BCUT2D eigenvalue weighted by atomic mass is 10.0. The Hall–Kier alpha value is -2.58. The zero-order valence-electron chi connectivity index (χ0n) is 15.8. The van der Waals surface area contributed by atoms with E-state index in [1.54, 1.807) is 16.2 Å². The summed E-state index contributed by atoms with van der Waals surface area (Å²) in [5.74, 6) is -0.353. The van der Waals surface area contributed by atoms with Crippen LogP contribution in [0.1, 0.15) is 52.5 Å². The number of hydrogen-bond donors (Lipinski definition) is 1. The Labute approximate surface area is 172 Å². The third kappa shape index (κ3) is 3.36. The number of rotatable bonds is 3. The summed E-state index contributed by atoms with van der Waals surface area (Å²) < 4.78 is 5.44. The molecule has 3 aliphatic heterocycles. The maximum atomic E-state index is 12.8. The normalized spacial score (nSPS) is 22.7. The number of imide groups is 1. The molecule has 3 aliphatic rings. The van der Waals surface area contributed by atoms with Crippen LogP contribution in [0.4, 0.5) is 0 Å². The molecule has 1 unspecified atom stereocenters. The molecule has 4 heterocycles. The molecule has 0 aliphatic carbocycles. The zero-order valence-corrected chi connectivity index (χ0v) is 16.7. The summed E-state index contributed by atoms with van der Waals surface area (Å²) in [4.78, 5) is 42.8. The van der Waals surface area contributed by atoms with Gasteiger partial charge in [0.2, 0.25) is 11.8 Å². The summed E-state index contributed by atoms with van der Waals surface area (Å²) in [5.41, 5.74) is 3.43. The van der Waals surface area contributed by atoms with Gasteiger partial charge in [-0.1, -0.05) is 6.07 Å². The van der Waals surface area contributed by atoms with Crippen LogP contribution in [0.15, 0.2) is 23.6 Å². The minimum atomic E-state index is -0.588. The predicted molar refractivity (Wildman–Crippen MR) is 106 cm³/mol. The van der Waals surface area contributed by atoms with Crippen LogP contribution >= 0.6 is 11.3 Å². The van der Waals surface area contributed by atoms with Gasteiger partial charge in [0.15, 0.2) is 0 Å². The van der Waals surface area contributed by atoms with Crippen molar-refractivity contribution in [2.75, 3.05) is 13.2 Å². The van der Waals surface area contributed by atoms with Crippen molar-refractivity contribution in [3.05, 3.63) is 39.7 Å². The van der Waals surface area contributed by atoms with Crippen molar-refractivity contribution in [1.82, 2.24) is 15.2 Å². The number of thiazole rings is 1. The van der Waals surface area contributed by atoms with E-state index in [0.717, 1.165) is 47.9 Å². The van der Waals surface area contributed by atoms with E-state index in [2.05, 4.69) is 10.7 Å². The molecule has 3 amide bonds. The summed E-state index contributed by atoms with van der Waals surface area (Å²) in [6.07, 6.45) is 2.65. The summed E-state index contributed by atoms with van der Waals surface area (Å²) in [6.45, 7) is 1.96. The Morgan fingerprint density at radius 3 is 2.76 bits per heavy atom. The number of ether oxygens (including phenoxy) is 1.